The summed E-state index contributed by atoms with van der Waals surface area (Å²) in [5.74, 6) is 3.40. The maximum Gasteiger partial charge on any atom is 0.193 e. The molecule has 8 heteroatoms. The van der Waals surface area contributed by atoms with E-state index in [2.05, 4.69) is 17.2 Å². The van der Waals surface area contributed by atoms with Gasteiger partial charge in [-0.1, -0.05) is 13.0 Å². The van der Waals surface area contributed by atoms with E-state index in [0.29, 0.717) is 29.9 Å². The number of hydrogen-bond donors (Lipinski definition) is 2. The van der Waals surface area contributed by atoms with Crippen molar-refractivity contribution in [3.05, 3.63) is 42.0 Å². The molecule has 0 bridgehead atoms. The van der Waals surface area contributed by atoms with E-state index < -0.39 is 0 Å². The van der Waals surface area contributed by atoms with E-state index in [-0.39, 0.29) is 24.0 Å². The van der Waals surface area contributed by atoms with Gasteiger partial charge in [0.2, 0.25) is 0 Å². The molecule has 0 aliphatic carbocycles. The molecule has 0 aromatic heterocycles. The van der Waals surface area contributed by atoms with Crippen LogP contribution in [0.2, 0.25) is 0 Å². The molecule has 29 heavy (non-hydrogen) atoms. The van der Waals surface area contributed by atoms with Crippen molar-refractivity contribution in [3.63, 3.8) is 0 Å². The molecule has 0 aliphatic rings. The van der Waals surface area contributed by atoms with E-state index in [9.17, 15) is 0 Å². The predicted octanol–water partition coefficient (Wildman–Crippen LogP) is 3.94. The fourth-order valence-electron chi connectivity index (χ4n) is 2.83. The van der Waals surface area contributed by atoms with Crippen molar-refractivity contribution in [1.29, 1.82) is 0 Å². The summed E-state index contributed by atoms with van der Waals surface area (Å²) in [5, 5.41) is 3.08. The van der Waals surface area contributed by atoms with Crippen molar-refractivity contribution in [2.24, 2.45) is 16.6 Å². The number of nitrogens with zero attached hydrogens (tertiary/aromatic N) is 1. The zero-order chi connectivity index (χ0) is 20.5. The van der Waals surface area contributed by atoms with Gasteiger partial charge in [-0.05, 0) is 42.2 Å². The van der Waals surface area contributed by atoms with Crippen LogP contribution in [0.3, 0.4) is 0 Å². The highest BCUT2D eigenvalue weighted by atomic mass is 127. The second-order valence-electron chi connectivity index (χ2n) is 6.42. The van der Waals surface area contributed by atoms with Crippen LogP contribution in [0.25, 0.3) is 0 Å². The number of methoxy groups -OCH3 is 4. The lowest BCUT2D eigenvalue weighted by molar-refractivity contribution is 0.354. The Morgan fingerprint density at radius 1 is 0.897 bits per heavy atom. The number of ether oxygens (including phenoxy) is 4. The monoisotopic (exact) mass is 515 g/mol. The molecular formula is C21H30IN3O4. The third-order valence-corrected chi connectivity index (χ3v) is 4.26. The average molecular weight is 515 g/mol. The summed E-state index contributed by atoms with van der Waals surface area (Å²) in [7, 11) is 6.45. The van der Waals surface area contributed by atoms with Crippen LogP contribution in [0, 0.1) is 5.92 Å². The van der Waals surface area contributed by atoms with Crippen LogP contribution in [-0.2, 0) is 6.42 Å². The Hall–Kier alpha value is -2.36. The molecule has 0 aliphatic heterocycles. The van der Waals surface area contributed by atoms with Gasteiger partial charge in [-0.3, -0.25) is 4.99 Å². The molecule has 0 heterocycles. The first-order valence-electron chi connectivity index (χ1n) is 9.00. The molecule has 0 saturated heterocycles. The predicted molar refractivity (Wildman–Crippen MR) is 127 cm³/mol. The summed E-state index contributed by atoms with van der Waals surface area (Å²) in [5.41, 5.74) is 7.97. The Bertz CT molecular complexity index is 815. The molecule has 0 saturated carbocycles. The highest BCUT2D eigenvalue weighted by molar-refractivity contribution is 14.0. The van der Waals surface area contributed by atoms with Crippen molar-refractivity contribution in [2.75, 3.05) is 40.3 Å². The van der Waals surface area contributed by atoms with Crippen molar-refractivity contribution < 1.29 is 18.9 Å². The summed E-state index contributed by atoms with van der Waals surface area (Å²) in [6.07, 6.45) is 0.855. The van der Waals surface area contributed by atoms with Crippen molar-refractivity contribution in [3.8, 4) is 23.0 Å². The van der Waals surface area contributed by atoms with E-state index in [0.717, 1.165) is 29.2 Å². The number of hydrogen-bond acceptors (Lipinski definition) is 5. The van der Waals surface area contributed by atoms with Crippen LogP contribution in [0.4, 0.5) is 5.69 Å². The van der Waals surface area contributed by atoms with Crippen LogP contribution >= 0.6 is 24.0 Å². The molecule has 1 atom stereocenters. The summed E-state index contributed by atoms with van der Waals surface area (Å²) < 4.78 is 21.2. The number of nitrogens with two attached hydrogens (primary N) is 1. The highest BCUT2D eigenvalue weighted by Crippen LogP contribution is 2.30. The van der Waals surface area contributed by atoms with Gasteiger partial charge >= 0.3 is 0 Å². The van der Waals surface area contributed by atoms with Gasteiger partial charge in [0.1, 0.15) is 0 Å². The minimum absolute atomic E-state index is 0. The fraction of sp³-hybridized carbons (Fsp3) is 0.381. The van der Waals surface area contributed by atoms with E-state index in [1.165, 1.54) is 0 Å². The normalized spacial score (nSPS) is 11.8. The van der Waals surface area contributed by atoms with E-state index in [1.807, 2.05) is 36.4 Å². The van der Waals surface area contributed by atoms with E-state index in [1.54, 1.807) is 28.4 Å². The Kier molecular flexibility index (Phi) is 10.4. The number of anilines is 1. The standard InChI is InChI=1S/C21H29N3O4.HI/c1-14(10-15-6-8-17(25-2)19(11-15)27-4)13-23-21(22)24-16-7-9-18(26-3)20(12-16)28-5;/h6-9,11-12,14H,10,13H2,1-5H3,(H3,22,23,24);1H. The minimum Gasteiger partial charge on any atom is -0.493 e. The minimum atomic E-state index is 0. The summed E-state index contributed by atoms with van der Waals surface area (Å²) in [6, 6.07) is 11.4. The molecule has 7 nitrogen and oxygen atoms in total. The molecule has 0 amide bonds. The van der Waals surface area contributed by atoms with Crippen LogP contribution in [-0.4, -0.2) is 40.9 Å². The topological polar surface area (TPSA) is 87.3 Å². The lowest BCUT2D eigenvalue weighted by atomic mass is 10.0. The van der Waals surface area contributed by atoms with Gasteiger partial charge < -0.3 is 30.0 Å². The quantitative estimate of drug-likeness (QED) is 0.299. The third-order valence-electron chi connectivity index (χ3n) is 4.26. The first-order valence-corrected chi connectivity index (χ1v) is 9.00. The summed E-state index contributed by atoms with van der Waals surface area (Å²) in [6.45, 7) is 2.73. The van der Waals surface area contributed by atoms with Crippen molar-refractivity contribution in [2.45, 2.75) is 13.3 Å². The van der Waals surface area contributed by atoms with Crippen LogP contribution < -0.4 is 30.0 Å². The first kappa shape index (κ1) is 24.7. The number of rotatable bonds is 9. The Balaban J connectivity index is 0.00000420. The number of halogens is 1. The Morgan fingerprint density at radius 3 is 2.03 bits per heavy atom. The van der Waals surface area contributed by atoms with Gasteiger partial charge in [0.05, 0.1) is 28.4 Å². The molecule has 160 valence electrons. The second kappa shape index (κ2) is 12.3. The largest absolute Gasteiger partial charge is 0.493 e. The number of guanidine groups is 1. The van der Waals surface area contributed by atoms with E-state index in [4.69, 9.17) is 24.7 Å². The molecule has 3 N–H and O–H groups in total. The van der Waals surface area contributed by atoms with Gasteiger partial charge in [0.15, 0.2) is 29.0 Å². The van der Waals surface area contributed by atoms with Crippen LogP contribution in [0.15, 0.2) is 41.4 Å². The molecule has 0 fully saturated rings. The smallest absolute Gasteiger partial charge is 0.193 e. The van der Waals surface area contributed by atoms with E-state index >= 15 is 0 Å². The van der Waals surface area contributed by atoms with Gasteiger partial charge in [0, 0.05) is 18.3 Å². The zero-order valence-electron chi connectivity index (χ0n) is 17.5. The van der Waals surface area contributed by atoms with Gasteiger partial charge in [-0.2, -0.15) is 0 Å². The average Bonchev–Trinajstić information content (AvgIpc) is 2.72. The van der Waals surface area contributed by atoms with Crippen molar-refractivity contribution >= 4 is 35.6 Å². The van der Waals surface area contributed by atoms with Crippen LogP contribution in [0.5, 0.6) is 23.0 Å². The van der Waals surface area contributed by atoms with Crippen LogP contribution in [0.1, 0.15) is 12.5 Å². The van der Waals surface area contributed by atoms with Gasteiger partial charge in [0.25, 0.3) is 0 Å². The lowest BCUT2D eigenvalue weighted by Gasteiger charge is -2.13. The number of nitrogens with one attached hydrogen (secondary N) is 1. The molecule has 1 unspecified atom stereocenters. The maximum absolute atomic E-state index is 6.02. The summed E-state index contributed by atoms with van der Waals surface area (Å²) >= 11 is 0. The lowest BCUT2D eigenvalue weighted by Crippen LogP contribution is -2.23. The SMILES string of the molecule is COc1ccc(CC(C)CN=C(N)Nc2ccc(OC)c(OC)c2)cc1OC.I. The molecule has 2 rings (SSSR count). The molecule has 0 spiro atoms. The third kappa shape index (κ3) is 7.19. The molecular weight excluding hydrogens is 485 g/mol. The Labute approximate surface area is 189 Å². The molecule has 0 radical (unpaired) electrons. The first-order chi connectivity index (χ1) is 13.5. The fourth-order valence-corrected chi connectivity index (χ4v) is 2.83. The second-order valence-corrected chi connectivity index (χ2v) is 6.42. The van der Waals surface area contributed by atoms with Crippen molar-refractivity contribution in [1.82, 2.24) is 0 Å². The molecule has 2 aromatic carbocycles. The van der Waals surface area contributed by atoms with Gasteiger partial charge in [-0.25, -0.2) is 0 Å². The number of benzene rings is 2. The zero-order valence-corrected chi connectivity index (χ0v) is 19.9. The summed E-state index contributed by atoms with van der Waals surface area (Å²) in [4.78, 5) is 4.45. The highest BCUT2D eigenvalue weighted by Gasteiger charge is 2.09. The number of aliphatic imine (C=N–C) groups is 1. The Morgan fingerprint density at radius 2 is 1.45 bits per heavy atom. The maximum atomic E-state index is 6.02. The molecule has 2 aromatic rings. The van der Waals surface area contributed by atoms with Gasteiger partial charge in [-0.15, -0.1) is 24.0 Å².